The molecule has 0 bridgehead atoms. The highest BCUT2D eigenvalue weighted by Crippen LogP contribution is 2.26. The first-order valence-electron chi connectivity index (χ1n) is 6.07. The minimum Gasteiger partial charge on any atom is -0.256 e. The fourth-order valence-electron chi connectivity index (χ4n) is 2.39. The molecule has 1 nitrogen and oxygen atoms in total. The average Bonchev–Trinajstić information content (AvgIpc) is 2.39. The molecule has 1 heterocycles. The number of fused-ring (bicyclic) bond motifs is 1. The zero-order valence-corrected chi connectivity index (χ0v) is 10.4. The summed E-state index contributed by atoms with van der Waals surface area (Å²) >= 11 is 5.89. The zero-order chi connectivity index (χ0) is 11.7. The Kier molecular flexibility index (Phi) is 2.86. The van der Waals surface area contributed by atoms with Gasteiger partial charge in [-0.15, -0.1) is 0 Å². The number of halogens is 1. The molecule has 1 aromatic heterocycles. The van der Waals surface area contributed by atoms with Crippen molar-refractivity contribution in [3.05, 3.63) is 52.7 Å². The third-order valence-corrected chi connectivity index (χ3v) is 3.62. The van der Waals surface area contributed by atoms with E-state index in [2.05, 4.69) is 11.1 Å². The summed E-state index contributed by atoms with van der Waals surface area (Å²) in [5, 5.41) is 0.770. The first-order chi connectivity index (χ1) is 8.33. The molecule has 1 aromatic carbocycles. The predicted octanol–water partition coefficient (Wildman–Crippen LogP) is 4.28. The fraction of sp³-hybridized carbons (Fsp3) is 0.267. The number of pyridine rings is 1. The second kappa shape index (κ2) is 4.50. The van der Waals surface area contributed by atoms with Crippen molar-refractivity contribution in [3.63, 3.8) is 0 Å². The first-order valence-corrected chi connectivity index (χ1v) is 6.44. The van der Waals surface area contributed by atoms with E-state index >= 15 is 0 Å². The van der Waals surface area contributed by atoms with Crippen LogP contribution in [-0.2, 0) is 12.8 Å². The third-order valence-electron chi connectivity index (χ3n) is 3.37. The summed E-state index contributed by atoms with van der Waals surface area (Å²) in [6.45, 7) is 0. The first kappa shape index (κ1) is 10.8. The minimum absolute atomic E-state index is 0.770. The van der Waals surface area contributed by atoms with E-state index in [1.807, 2.05) is 30.5 Å². The number of nitrogens with zero attached hydrogens (tertiary/aromatic N) is 1. The second-order valence-electron chi connectivity index (χ2n) is 4.55. The van der Waals surface area contributed by atoms with Crippen molar-refractivity contribution in [1.82, 2.24) is 4.98 Å². The highest BCUT2D eigenvalue weighted by atomic mass is 35.5. The van der Waals surface area contributed by atoms with Crippen molar-refractivity contribution in [1.29, 1.82) is 0 Å². The van der Waals surface area contributed by atoms with Crippen LogP contribution in [0.3, 0.4) is 0 Å². The Hall–Kier alpha value is -1.34. The van der Waals surface area contributed by atoms with Gasteiger partial charge in [-0.2, -0.15) is 0 Å². The van der Waals surface area contributed by atoms with Crippen LogP contribution in [0.25, 0.3) is 11.3 Å². The lowest BCUT2D eigenvalue weighted by Crippen LogP contribution is -2.03. The Morgan fingerprint density at radius 2 is 1.65 bits per heavy atom. The van der Waals surface area contributed by atoms with Gasteiger partial charge in [-0.3, -0.25) is 4.98 Å². The van der Waals surface area contributed by atoms with Gasteiger partial charge in [0.25, 0.3) is 0 Å². The van der Waals surface area contributed by atoms with Crippen LogP contribution >= 0.6 is 11.6 Å². The van der Waals surface area contributed by atoms with Crippen LogP contribution in [0.4, 0.5) is 0 Å². The van der Waals surface area contributed by atoms with E-state index in [1.165, 1.54) is 36.8 Å². The molecule has 0 saturated heterocycles. The Morgan fingerprint density at radius 1 is 0.941 bits per heavy atom. The fourth-order valence-corrected chi connectivity index (χ4v) is 2.52. The zero-order valence-electron chi connectivity index (χ0n) is 9.62. The number of aromatic nitrogens is 1. The summed E-state index contributed by atoms with van der Waals surface area (Å²) in [5.41, 5.74) is 5.09. The molecule has 0 radical (unpaired) electrons. The third kappa shape index (κ3) is 2.20. The number of benzene rings is 1. The molecule has 17 heavy (non-hydrogen) atoms. The predicted molar refractivity (Wildman–Crippen MR) is 71.3 cm³/mol. The number of hydrogen-bond acceptors (Lipinski definition) is 1. The molecule has 0 N–H and O–H groups in total. The van der Waals surface area contributed by atoms with E-state index in [9.17, 15) is 0 Å². The maximum absolute atomic E-state index is 5.89. The molecule has 2 aromatic rings. The summed E-state index contributed by atoms with van der Waals surface area (Å²) in [6, 6.07) is 10.1. The summed E-state index contributed by atoms with van der Waals surface area (Å²) in [4.78, 5) is 4.55. The topological polar surface area (TPSA) is 12.9 Å². The molecule has 0 fully saturated rings. The molecule has 0 spiro atoms. The number of hydrogen-bond donors (Lipinski definition) is 0. The van der Waals surface area contributed by atoms with Gasteiger partial charge < -0.3 is 0 Å². The molecule has 3 rings (SSSR count). The van der Waals surface area contributed by atoms with Gasteiger partial charge >= 0.3 is 0 Å². The van der Waals surface area contributed by atoms with Gasteiger partial charge in [0.15, 0.2) is 0 Å². The normalized spacial score (nSPS) is 14.4. The van der Waals surface area contributed by atoms with Gasteiger partial charge in [0, 0.05) is 16.8 Å². The monoisotopic (exact) mass is 243 g/mol. The van der Waals surface area contributed by atoms with Gasteiger partial charge in [0.05, 0.1) is 5.69 Å². The number of aryl methyl sites for hydroxylation is 2. The van der Waals surface area contributed by atoms with Crippen LogP contribution in [0, 0.1) is 0 Å². The molecule has 1 aliphatic carbocycles. The van der Waals surface area contributed by atoms with Crippen LogP contribution in [0.5, 0.6) is 0 Å². The molecule has 0 unspecified atom stereocenters. The maximum atomic E-state index is 5.89. The lowest BCUT2D eigenvalue weighted by atomic mass is 9.92. The quantitative estimate of drug-likeness (QED) is 0.729. The van der Waals surface area contributed by atoms with E-state index in [4.69, 9.17) is 11.6 Å². The maximum Gasteiger partial charge on any atom is 0.0704 e. The lowest BCUT2D eigenvalue weighted by molar-refractivity contribution is 0.682. The average molecular weight is 244 g/mol. The molecule has 0 atom stereocenters. The largest absolute Gasteiger partial charge is 0.256 e. The van der Waals surface area contributed by atoms with Crippen LogP contribution in [0.15, 0.2) is 36.5 Å². The van der Waals surface area contributed by atoms with Crippen molar-refractivity contribution in [3.8, 4) is 11.3 Å². The summed E-state index contributed by atoms with van der Waals surface area (Å²) in [7, 11) is 0. The van der Waals surface area contributed by atoms with Crippen molar-refractivity contribution < 1.29 is 0 Å². The molecule has 0 saturated carbocycles. The van der Waals surface area contributed by atoms with Crippen LogP contribution in [0.2, 0.25) is 5.02 Å². The molecular formula is C15H14ClN. The van der Waals surface area contributed by atoms with E-state index in [0.29, 0.717) is 0 Å². The lowest BCUT2D eigenvalue weighted by Gasteiger charge is -2.15. The van der Waals surface area contributed by atoms with Crippen molar-refractivity contribution in [2.24, 2.45) is 0 Å². The van der Waals surface area contributed by atoms with E-state index in [1.54, 1.807) is 0 Å². The van der Waals surface area contributed by atoms with Crippen molar-refractivity contribution in [2.75, 3.05) is 0 Å². The molecule has 1 aliphatic rings. The smallest absolute Gasteiger partial charge is 0.0704 e. The van der Waals surface area contributed by atoms with E-state index in [0.717, 1.165) is 16.3 Å². The molecule has 0 amide bonds. The van der Waals surface area contributed by atoms with Crippen LogP contribution in [0.1, 0.15) is 24.0 Å². The Balaban J connectivity index is 2.01. The summed E-state index contributed by atoms with van der Waals surface area (Å²) in [6.07, 6.45) is 7.02. The highest BCUT2D eigenvalue weighted by molar-refractivity contribution is 6.30. The van der Waals surface area contributed by atoms with Gasteiger partial charge in [-0.1, -0.05) is 23.7 Å². The Morgan fingerprint density at radius 3 is 2.41 bits per heavy atom. The van der Waals surface area contributed by atoms with E-state index in [-0.39, 0.29) is 0 Å². The Bertz CT molecular complexity index is 531. The standard InChI is InChI=1S/C15H14ClN/c16-14-7-5-11(6-8-14)15-9-12-3-1-2-4-13(12)10-17-15/h5-10H,1-4H2. The second-order valence-corrected chi connectivity index (χ2v) is 4.99. The molecule has 86 valence electrons. The highest BCUT2D eigenvalue weighted by Gasteiger charge is 2.10. The molecule has 0 aliphatic heterocycles. The van der Waals surface area contributed by atoms with E-state index < -0.39 is 0 Å². The minimum atomic E-state index is 0.770. The SMILES string of the molecule is Clc1ccc(-c2cc3c(cn2)CCCC3)cc1. The van der Waals surface area contributed by atoms with Crippen LogP contribution in [-0.4, -0.2) is 4.98 Å². The van der Waals surface area contributed by atoms with Crippen molar-refractivity contribution >= 4 is 11.6 Å². The van der Waals surface area contributed by atoms with Gasteiger partial charge in [-0.05, 0) is 55.0 Å². The van der Waals surface area contributed by atoms with Crippen molar-refractivity contribution in [2.45, 2.75) is 25.7 Å². The summed E-state index contributed by atoms with van der Waals surface area (Å²) < 4.78 is 0. The number of rotatable bonds is 1. The Labute approximate surface area is 106 Å². The molecular weight excluding hydrogens is 230 g/mol. The van der Waals surface area contributed by atoms with Gasteiger partial charge in [0.1, 0.15) is 0 Å². The summed E-state index contributed by atoms with van der Waals surface area (Å²) in [5.74, 6) is 0. The molecule has 2 heteroatoms. The van der Waals surface area contributed by atoms with Gasteiger partial charge in [0.2, 0.25) is 0 Å². The van der Waals surface area contributed by atoms with Gasteiger partial charge in [-0.25, -0.2) is 0 Å². The van der Waals surface area contributed by atoms with Crippen LogP contribution < -0.4 is 0 Å².